The molecule has 1 amide bonds. The van der Waals surface area contributed by atoms with Crippen molar-refractivity contribution in [1.29, 1.82) is 0 Å². The number of carbonyl (C=O) groups excluding carboxylic acids is 1. The molecular formula is C11H12ClNO4. The Balaban J connectivity index is 2.76. The van der Waals surface area contributed by atoms with Gasteiger partial charge in [-0.2, -0.15) is 0 Å². The molecule has 0 heterocycles. The maximum Gasteiger partial charge on any atom is 0.339 e. The van der Waals surface area contributed by atoms with Crippen molar-refractivity contribution in [2.75, 3.05) is 13.7 Å². The van der Waals surface area contributed by atoms with Gasteiger partial charge in [-0.05, 0) is 12.1 Å². The van der Waals surface area contributed by atoms with E-state index < -0.39 is 5.97 Å². The predicted molar refractivity (Wildman–Crippen MR) is 62.6 cm³/mol. The Morgan fingerprint density at radius 2 is 2.18 bits per heavy atom. The van der Waals surface area contributed by atoms with Gasteiger partial charge in [-0.25, -0.2) is 4.79 Å². The number of amides is 1. The van der Waals surface area contributed by atoms with Gasteiger partial charge in [0.15, 0.2) is 5.75 Å². The fourth-order valence-electron chi connectivity index (χ4n) is 1.19. The van der Waals surface area contributed by atoms with E-state index in [4.69, 9.17) is 21.4 Å². The Kier molecular flexibility index (Phi) is 4.78. The van der Waals surface area contributed by atoms with Gasteiger partial charge in [-0.3, -0.25) is 4.79 Å². The minimum Gasteiger partial charge on any atom is -0.491 e. The molecule has 1 rings (SSSR count). The maximum atomic E-state index is 11.0. The summed E-state index contributed by atoms with van der Waals surface area (Å²) < 4.78 is 5.23. The monoisotopic (exact) mass is 257 g/mol. The molecule has 0 saturated heterocycles. The number of hydrogen-bond donors (Lipinski definition) is 2. The highest BCUT2D eigenvalue weighted by atomic mass is 35.5. The van der Waals surface area contributed by atoms with Crippen molar-refractivity contribution in [3.63, 3.8) is 0 Å². The lowest BCUT2D eigenvalue weighted by molar-refractivity contribution is -0.121. The minimum absolute atomic E-state index is 0.0191. The van der Waals surface area contributed by atoms with Crippen LogP contribution in [0.25, 0.3) is 0 Å². The van der Waals surface area contributed by atoms with Crippen LogP contribution in [0.1, 0.15) is 16.8 Å². The van der Waals surface area contributed by atoms with Gasteiger partial charge in [-0.15, -0.1) is 0 Å². The fraction of sp³-hybridized carbons (Fsp3) is 0.273. The molecule has 17 heavy (non-hydrogen) atoms. The first-order valence-electron chi connectivity index (χ1n) is 4.91. The van der Waals surface area contributed by atoms with Crippen molar-refractivity contribution in [2.24, 2.45) is 0 Å². The summed E-state index contributed by atoms with van der Waals surface area (Å²) in [6.07, 6.45) is 0.140. The number of benzene rings is 1. The predicted octanol–water partition coefficient (Wildman–Crippen LogP) is 1.55. The zero-order valence-electron chi connectivity index (χ0n) is 9.20. The van der Waals surface area contributed by atoms with Crippen LogP contribution in [0.4, 0.5) is 0 Å². The molecule has 5 nitrogen and oxygen atoms in total. The molecule has 1 aromatic carbocycles. The molecule has 0 atom stereocenters. The Morgan fingerprint density at radius 3 is 2.76 bits per heavy atom. The van der Waals surface area contributed by atoms with E-state index in [2.05, 4.69) is 5.32 Å². The lowest BCUT2D eigenvalue weighted by atomic mass is 10.2. The largest absolute Gasteiger partial charge is 0.491 e. The van der Waals surface area contributed by atoms with Crippen LogP contribution in [0.5, 0.6) is 5.75 Å². The molecule has 0 unspecified atom stereocenters. The fourth-order valence-corrected chi connectivity index (χ4v) is 1.42. The van der Waals surface area contributed by atoms with Crippen molar-refractivity contribution in [2.45, 2.75) is 6.42 Å². The van der Waals surface area contributed by atoms with Crippen molar-refractivity contribution >= 4 is 23.5 Å². The van der Waals surface area contributed by atoms with Crippen molar-refractivity contribution in [3.05, 3.63) is 28.8 Å². The second kappa shape index (κ2) is 6.10. The molecule has 1 aromatic rings. The second-order valence-electron chi connectivity index (χ2n) is 3.19. The van der Waals surface area contributed by atoms with Gasteiger partial charge in [0.2, 0.25) is 5.91 Å². The first-order chi connectivity index (χ1) is 8.06. The SMILES string of the molecule is CNC(=O)CCOc1c(Cl)cccc1C(=O)O. The van der Waals surface area contributed by atoms with Crippen molar-refractivity contribution in [1.82, 2.24) is 5.32 Å². The number of rotatable bonds is 5. The normalized spacial score (nSPS) is 9.76. The molecule has 0 spiro atoms. The Labute approximate surface area is 103 Å². The summed E-state index contributed by atoms with van der Waals surface area (Å²) >= 11 is 5.83. The minimum atomic E-state index is -1.12. The van der Waals surface area contributed by atoms with Gasteiger partial charge >= 0.3 is 5.97 Å². The van der Waals surface area contributed by atoms with E-state index >= 15 is 0 Å². The highest BCUT2D eigenvalue weighted by Crippen LogP contribution is 2.28. The van der Waals surface area contributed by atoms with Crippen LogP contribution in [0, 0.1) is 0 Å². The average molecular weight is 258 g/mol. The van der Waals surface area contributed by atoms with E-state index in [0.29, 0.717) is 0 Å². The summed E-state index contributed by atoms with van der Waals surface area (Å²) in [7, 11) is 1.51. The van der Waals surface area contributed by atoms with E-state index in [9.17, 15) is 9.59 Å². The van der Waals surface area contributed by atoms with Crippen LogP contribution in [-0.2, 0) is 4.79 Å². The van der Waals surface area contributed by atoms with Crippen molar-refractivity contribution < 1.29 is 19.4 Å². The lowest BCUT2D eigenvalue weighted by Gasteiger charge is -2.10. The average Bonchev–Trinajstić information content (AvgIpc) is 2.30. The van der Waals surface area contributed by atoms with E-state index in [1.165, 1.54) is 25.2 Å². The van der Waals surface area contributed by atoms with Crippen LogP contribution in [0.15, 0.2) is 18.2 Å². The standard InChI is InChI=1S/C11H12ClNO4/c1-13-9(14)5-6-17-10-7(11(15)16)3-2-4-8(10)12/h2-4H,5-6H2,1H3,(H,13,14)(H,15,16). The Bertz CT molecular complexity index is 433. The van der Waals surface area contributed by atoms with Crippen LogP contribution in [0.3, 0.4) is 0 Å². The molecule has 0 radical (unpaired) electrons. The summed E-state index contributed by atoms with van der Waals surface area (Å²) in [5.74, 6) is -1.22. The summed E-state index contributed by atoms with van der Waals surface area (Å²) in [6, 6.07) is 4.45. The first-order valence-corrected chi connectivity index (χ1v) is 5.29. The molecule has 0 fully saturated rings. The summed E-state index contributed by atoms with van der Waals surface area (Å²) in [4.78, 5) is 21.9. The quantitative estimate of drug-likeness (QED) is 0.839. The number of hydrogen-bond acceptors (Lipinski definition) is 3. The van der Waals surface area contributed by atoms with Crippen LogP contribution >= 0.6 is 11.6 Å². The Morgan fingerprint density at radius 1 is 1.47 bits per heavy atom. The molecule has 0 aromatic heterocycles. The zero-order valence-corrected chi connectivity index (χ0v) is 9.95. The topological polar surface area (TPSA) is 75.6 Å². The number of halogens is 1. The highest BCUT2D eigenvalue weighted by molar-refractivity contribution is 6.32. The first kappa shape index (κ1) is 13.3. The van der Waals surface area contributed by atoms with Gasteiger partial charge in [0.25, 0.3) is 0 Å². The molecule has 0 aliphatic rings. The van der Waals surface area contributed by atoms with E-state index in [1.807, 2.05) is 0 Å². The smallest absolute Gasteiger partial charge is 0.339 e. The van der Waals surface area contributed by atoms with E-state index in [1.54, 1.807) is 0 Å². The van der Waals surface area contributed by atoms with Gasteiger partial charge in [0, 0.05) is 7.05 Å². The maximum absolute atomic E-state index is 11.0. The van der Waals surface area contributed by atoms with Gasteiger partial charge < -0.3 is 15.2 Å². The molecule has 2 N–H and O–H groups in total. The third-order valence-corrected chi connectivity index (χ3v) is 2.35. The number of aromatic carboxylic acids is 1. The van der Waals surface area contributed by atoms with Crippen LogP contribution in [0.2, 0.25) is 5.02 Å². The van der Waals surface area contributed by atoms with Gasteiger partial charge in [-0.1, -0.05) is 17.7 Å². The molecule has 0 saturated carbocycles. The molecule has 0 bridgehead atoms. The zero-order chi connectivity index (χ0) is 12.8. The van der Waals surface area contributed by atoms with Crippen molar-refractivity contribution in [3.8, 4) is 5.75 Å². The van der Waals surface area contributed by atoms with Crippen LogP contribution < -0.4 is 10.1 Å². The number of carboxylic acid groups (broad SMARTS) is 1. The summed E-state index contributed by atoms with van der Waals surface area (Å²) in [5.41, 5.74) is -0.0191. The van der Waals surface area contributed by atoms with E-state index in [-0.39, 0.29) is 35.3 Å². The number of carbonyl (C=O) groups is 2. The van der Waals surface area contributed by atoms with E-state index in [0.717, 1.165) is 0 Å². The molecule has 92 valence electrons. The third kappa shape index (κ3) is 3.64. The molecular weight excluding hydrogens is 246 g/mol. The summed E-state index contributed by atoms with van der Waals surface area (Å²) in [5, 5.41) is 11.6. The lowest BCUT2D eigenvalue weighted by Crippen LogP contribution is -2.20. The second-order valence-corrected chi connectivity index (χ2v) is 3.60. The van der Waals surface area contributed by atoms with Gasteiger partial charge in [0.05, 0.1) is 18.1 Å². The molecule has 6 heteroatoms. The third-order valence-electron chi connectivity index (χ3n) is 2.05. The van der Waals surface area contributed by atoms with Crippen LogP contribution in [-0.4, -0.2) is 30.6 Å². The number of carboxylic acids is 1. The molecule has 0 aliphatic heterocycles. The molecule has 0 aliphatic carbocycles. The highest BCUT2D eigenvalue weighted by Gasteiger charge is 2.14. The number of para-hydroxylation sites is 1. The van der Waals surface area contributed by atoms with Gasteiger partial charge in [0.1, 0.15) is 5.56 Å². The number of ether oxygens (including phenoxy) is 1. The summed E-state index contributed by atoms with van der Waals surface area (Å²) in [6.45, 7) is 0.0731. The number of nitrogens with one attached hydrogen (secondary N) is 1. The Hall–Kier alpha value is -1.75.